The first-order valence-corrected chi connectivity index (χ1v) is 8.46. The molecule has 1 unspecified atom stereocenters. The van der Waals surface area contributed by atoms with Crippen LogP contribution in [0.1, 0.15) is 35.8 Å². The Labute approximate surface area is 146 Å². The summed E-state index contributed by atoms with van der Waals surface area (Å²) in [6.07, 6.45) is 4.21. The van der Waals surface area contributed by atoms with E-state index < -0.39 is 11.7 Å². The summed E-state index contributed by atoms with van der Waals surface area (Å²) < 4.78 is 0. The van der Waals surface area contributed by atoms with E-state index in [2.05, 4.69) is 20.2 Å². The normalized spacial score (nSPS) is 17.3. The molecule has 1 aromatic carbocycles. The number of rotatable bonds is 4. The SMILES string of the molecule is CCc1cc(N2CCCC(NC(=O)c3cccc(O)c3O)C2)ncn1. The van der Waals surface area contributed by atoms with E-state index in [1.54, 1.807) is 6.33 Å². The highest BCUT2D eigenvalue weighted by atomic mass is 16.3. The molecule has 7 heteroatoms. The van der Waals surface area contributed by atoms with Crippen LogP contribution in [0.3, 0.4) is 0 Å². The number of phenols is 2. The number of nitrogens with one attached hydrogen (secondary N) is 1. The fraction of sp³-hybridized carbons (Fsp3) is 0.389. The number of aromatic hydroxyl groups is 2. The second-order valence-electron chi connectivity index (χ2n) is 6.15. The molecule has 0 spiro atoms. The quantitative estimate of drug-likeness (QED) is 0.734. The van der Waals surface area contributed by atoms with Crippen LogP contribution in [0.2, 0.25) is 0 Å². The molecule has 0 aliphatic carbocycles. The summed E-state index contributed by atoms with van der Waals surface area (Å²) in [6.45, 7) is 3.57. The number of anilines is 1. The largest absolute Gasteiger partial charge is 0.504 e. The zero-order valence-electron chi connectivity index (χ0n) is 14.1. The van der Waals surface area contributed by atoms with Gasteiger partial charge >= 0.3 is 0 Å². The molecular formula is C18H22N4O3. The fourth-order valence-electron chi connectivity index (χ4n) is 3.03. The zero-order chi connectivity index (χ0) is 17.8. The topological polar surface area (TPSA) is 98.6 Å². The van der Waals surface area contributed by atoms with Crippen molar-refractivity contribution in [2.45, 2.75) is 32.2 Å². The molecule has 0 saturated carbocycles. The van der Waals surface area contributed by atoms with Crippen molar-refractivity contribution in [1.82, 2.24) is 15.3 Å². The highest BCUT2D eigenvalue weighted by molar-refractivity contribution is 5.97. The Bertz CT molecular complexity index is 766. The minimum Gasteiger partial charge on any atom is -0.504 e. The van der Waals surface area contributed by atoms with E-state index in [1.165, 1.54) is 18.2 Å². The zero-order valence-corrected chi connectivity index (χ0v) is 14.1. The predicted octanol–water partition coefficient (Wildman–Crippen LogP) is 1.85. The second kappa shape index (κ2) is 7.38. The first-order valence-electron chi connectivity index (χ1n) is 8.46. The minimum atomic E-state index is -0.393. The van der Waals surface area contributed by atoms with Crippen LogP contribution in [-0.4, -0.2) is 45.2 Å². The van der Waals surface area contributed by atoms with Gasteiger partial charge in [-0.3, -0.25) is 4.79 Å². The average Bonchev–Trinajstić information content (AvgIpc) is 2.64. The van der Waals surface area contributed by atoms with E-state index in [-0.39, 0.29) is 17.4 Å². The number of carbonyl (C=O) groups is 1. The van der Waals surface area contributed by atoms with Gasteiger partial charge in [-0.1, -0.05) is 13.0 Å². The number of carbonyl (C=O) groups excluding carboxylic acids is 1. The molecule has 1 aliphatic heterocycles. The van der Waals surface area contributed by atoms with Crippen LogP contribution < -0.4 is 10.2 Å². The maximum Gasteiger partial charge on any atom is 0.255 e. The molecule has 2 aromatic rings. The lowest BCUT2D eigenvalue weighted by Gasteiger charge is -2.34. The number of aryl methyl sites for hydroxylation is 1. The molecule has 1 aliphatic rings. The molecule has 1 atom stereocenters. The number of para-hydroxylation sites is 1. The van der Waals surface area contributed by atoms with Gasteiger partial charge in [0, 0.05) is 30.9 Å². The lowest BCUT2D eigenvalue weighted by molar-refractivity contribution is 0.0929. The highest BCUT2D eigenvalue weighted by Crippen LogP contribution is 2.28. The summed E-state index contributed by atoms with van der Waals surface area (Å²) in [5.74, 6) is -0.217. The van der Waals surface area contributed by atoms with Crippen molar-refractivity contribution in [1.29, 1.82) is 0 Å². The Balaban J connectivity index is 1.69. The monoisotopic (exact) mass is 342 g/mol. The number of nitrogens with zero attached hydrogens (tertiary/aromatic N) is 3. The third-order valence-corrected chi connectivity index (χ3v) is 4.41. The summed E-state index contributed by atoms with van der Waals surface area (Å²) in [7, 11) is 0. The second-order valence-corrected chi connectivity index (χ2v) is 6.15. The van der Waals surface area contributed by atoms with Gasteiger partial charge in [0.25, 0.3) is 5.91 Å². The number of benzene rings is 1. The summed E-state index contributed by atoms with van der Waals surface area (Å²) in [5.41, 5.74) is 1.06. The average molecular weight is 342 g/mol. The van der Waals surface area contributed by atoms with Crippen LogP contribution in [0.5, 0.6) is 11.5 Å². The number of phenolic OH excluding ortho intramolecular Hbond substituents is 2. The van der Waals surface area contributed by atoms with Crippen LogP contribution in [0.4, 0.5) is 5.82 Å². The van der Waals surface area contributed by atoms with Crippen molar-refractivity contribution < 1.29 is 15.0 Å². The van der Waals surface area contributed by atoms with Gasteiger partial charge in [0.15, 0.2) is 11.5 Å². The Morgan fingerprint density at radius 2 is 2.20 bits per heavy atom. The lowest BCUT2D eigenvalue weighted by atomic mass is 10.0. The number of hydrogen-bond donors (Lipinski definition) is 3. The van der Waals surface area contributed by atoms with Crippen LogP contribution in [0.25, 0.3) is 0 Å². The smallest absolute Gasteiger partial charge is 0.255 e. The molecule has 0 radical (unpaired) electrons. The number of aromatic nitrogens is 2. The molecule has 7 nitrogen and oxygen atoms in total. The summed E-state index contributed by atoms with van der Waals surface area (Å²) in [6, 6.07) is 6.29. The maximum atomic E-state index is 12.4. The van der Waals surface area contributed by atoms with Gasteiger partial charge in [-0.05, 0) is 31.4 Å². The summed E-state index contributed by atoms with van der Waals surface area (Å²) >= 11 is 0. The first kappa shape index (κ1) is 17.0. The van der Waals surface area contributed by atoms with E-state index >= 15 is 0 Å². The van der Waals surface area contributed by atoms with Crippen LogP contribution in [0.15, 0.2) is 30.6 Å². The molecule has 132 valence electrons. The highest BCUT2D eigenvalue weighted by Gasteiger charge is 2.24. The Morgan fingerprint density at radius 3 is 3.00 bits per heavy atom. The molecule has 2 heterocycles. The Kier molecular flexibility index (Phi) is 5.02. The van der Waals surface area contributed by atoms with Crippen LogP contribution in [0, 0.1) is 0 Å². The maximum absolute atomic E-state index is 12.4. The van der Waals surface area contributed by atoms with E-state index in [9.17, 15) is 15.0 Å². The number of amides is 1. The van der Waals surface area contributed by atoms with Crippen molar-refractivity contribution in [2.75, 3.05) is 18.0 Å². The van der Waals surface area contributed by atoms with E-state index in [1.807, 2.05) is 13.0 Å². The van der Waals surface area contributed by atoms with Crippen LogP contribution >= 0.6 is 0 Å². The third kappa shape index (κ3) is 3.81. The van der Waals surface area contributed by atoms with Gasteiger partial charge < -0.3 is 20.4 Å². The van der Waals surface area contributed by atoms with E-state index in [0.717, 1.165) is 37.3 Å². The molecular weight excluding hydrogens is 320 g/mol. The predicted molar refractivity (Wildman–Crippen MR) is 93.9 cm³/mol. The molecule has 3 rings (SSSR count). The molecule has 0 bridgehead atoms. The van der Waals surface area contributed by atoms with Gasteiger partial charge in [-0.2, -0.15) is 0 Å². The van der Waals surface area contributed by atoms with Crippen LogP contribution in [-0.2, 0) is 6.42 Å². The van der Waals surface area contributed by atoms with Crippen molar-refractivity contribution in [2.24, 2.45) is 0 Å². The molecule has 1 aromatic heterocycles. The van der Waals surface area contributed by atoms with E-state index in [0.29, 0.717) is 6.54 Å². The molecule has 1 fully saturated rings. The minimum absolute atomic E-state index is 0.0527. The molecule has 1 amide bonds. The van der Waals surface area contributed by atoms with Gasteiger partial charge in [-0.25, -0.2) is 9.97 Å². The Hall–Kier alpha value is -2.83. The summed E-state index contributed by atoms with van der Waals surface area (Å²) in [4.78, 5) is 23.1. The standard InChI is InChI=1S/C18H22N4O3/c1-2-12-9-16(20-11-19-12)22-8-4-5-13(10-22)21-18(25)14-6-3-7-15(23)17(14)24/h3,6-7,9,11,13,23-24H,2,4-5,8,10H2,1H3,(H,21,25). The molecule has 1 saturated heterocycles. The van der Waals surface area contributed by atoms with Crippen molar-refractivity contribution >= 4 is 11.7 Å². The Morgan fingerprint density at radius 1 is 1.36 bits per heavy atom. The molecule has 3 N–H and O–H groups in total. The van der Waals surface area contributed by atoms with Crippen molar-refractivity contribution in [3.63, 3.8) is 0 Å². The lowest BCUT2D eigenvalue weighted by Crippen LogP contribution is -2.48. The number of piperidine rings is 1. The summed E-state index contributed by atoms with van der Waals surface area (Å²) in [5, 5.41) is 22.3. The van der Waals surface area contributed by atoms with Crippen molar-refractivity contribution in [3.8, 4) is 11.5 Å². The first-order chi connectivity index (χ1) is 12.1. The van der Waals surface area contributed by atoms with E-state index in [4.69, 9.17) is 0 Å². The van der Waals surface area contributed by atoms with Crippen molar-refractivity contribution in [3.05, 3.63) is 41.9 Å². The van der Waals surface area contributed by atoms with Gasteiger partial charge in [-0.15, -0.1) is 0 Å². The number of hydrogen-bond acceptors (Lipinski definition) is 6. The third-order valence-electron chi connectivity index (χ3n) is 4.41. The van der Waals surface area contributed by atoms with Gasteiger partial charge in [0.2, 0.25) is 0 Å². The van der Waals surface area contributed by atoms with Gasteiger partial charge in [0.05, 0.1) is 5.56 Å². The molecule has 25 heavy (non-hydrogen) atoms. The van der Waals surface area contributed by atoms with Gasteiger partial charge in [0.1, 0.15) is 12.1 Å². The fourth-order valence-corrected chi connectivity index (χ4v) is 3.03.